The first-order valence-electron chi connectivity index (χ1n) is 20.7. The zero-order chi connectivity index (χ0) is 43.4. The molecule has 0 aliphatic carbocycles. The third-order valence-electron chi connectivity index (χ3n) is 12.1. The van der Waals surface area contributed by atoms with E-state index in [-0.39, 0.29) is 54.6 Å². The number of amides is 4. The van der Waals surface area contributed by atoms with Crippen LogP contribution in [-0.4, -0.2) is 55.8 Å². The second-order valence-electron chi connectivity index (χ2n) is 16.1. The monoisotopic (exact) mass is 839 g/mol. The molecule has 4 amide bonds. The topological polar surface area (TPSA) is 160 Å². The van der Waals surface area contributed by atoms with E-state index >= 15 is 0 Å². The van der Waals surface area contributed by atoms with E-state index in [9.17, 15) is 32.8 Å². The zero-order valence-electron chi connectivity index (χ0n) is 34.4. The van der Waals surface area contributed by atoms with Crippen molar-refractivity contribution in [2.45, 2.75) is 77.9 Å². The van der Waals surface area contributed by atoms with Crippen LogP contribution in [0.15, 0.2) is 82.2 Å². The average molecular weight is 840 g/mol. The number of carbonyl (C=O) groups is 4. The third-order valence-corrected chi connectivity index (χ3v) is 12.1. The van der Waals surface area contributed by atoms with E-state index in [1.54, 1.807) is 54.9 Å². The fraction of sp³-hybridized carbons (Fsp3) is 0.298. The van der Waals surface area contributed by atoms with Gasteiger partial charge in [0.1, 0.15) is 17.4 Å². The number of aryl methyl sites for hydroxylation is 4. The SMILES string of the molecule is CCCc1cc(N2CCCc3cc(-c4ccc(C(=O)NCc5cc(-c6cccc7c6CN(C6CCC(=O)NC6=O)C7=O)on5)nc4)c(C(F)F)cc32)c2cc(C)c(=O)n(C)c2c1. The van der Waals surface area contributed by atoms with Crippen molar-refractivity contribution >= 4 is 45.9 Å². The molecule has 3 aliphatic rings. The maximum absolute atomic E-state index is 15.0. The number of fused-ring (bicyclic) bond motifs is 3. The molecule has 2 N–H and O–H groups in total. The largest absolute Gasteiger partial charge is 0.356 e. The standard InChI is InChI=1S/C47H43F2N7O6/c1-4-7-26-17-39-34(16-25(2)46(60)54(39)3)40(18-26)55-15-6-8-27-19-32(33(43(48)49)21-38(27)55)28-11-12-36(50-22-28)44(58)51-23-29-20-41(62-53-29)30-9-5-10-31-35(30)24-56(47(31)61)37-13-14-42(57)52-45(37)59/h5,9-12,16-22,37,43H,4,6-8,13-15,23-24H2,1-3H3,(H,51,58)(H,52,57,59). The molecule has 6 aromatic rings. The van der Waals surface area contributed by atoms with Crippen molar-refractivity contribution in [3.05, 3.63) is 128 Å². The summed E-state index contributed by atoms with van der Waals surface area (Å²) in [6.07, 6.45) is 2.24. The molecule has 6 heterocycles. The molecule has 1 fully saturated rings. The van der Waals surface area contributed by atoms with Gasteiger partial charge in [0.25, 0.3) is 23.8 Å². The summed E-state index contributed by atoms with van der Waals surface area (Å²) in [5.41, 5.74) is 7.75. The van der Waals surface area contributed by atoms with Gasteiger partial charge in [-0.25, -0.2) is 8.78 Å². The molecular formula is C47H43F2N7O6. The Balaban J connectivity index is 0.924. The van der Waals surface area contributed by atoms with Crippen LogP contribution in [-0.2, 0) is 42.6 Å². The van der Waals surface area contributed by atoms with Crippen LogP contribution in [0, 0.1) is 6.92 Å². The number of nitrogens with one attached hydrogen (secondary N) is 2. The van der Waals surface area contributed by atoms with Gasteiger partial charge in [-0.1, -0.05) is 36.7 Å². The number of imide groups is 1. The number of rotatable bonds is 10. The van der Waals surface area contributed by atoms with Crippen molar-refractivity contribution in [3.8, 4) is 22.5 Å². The number of halogens is 2. The lowest BCUT2D eigenvalue weighted by molar-refractivity contribution is -0.136. The van der Waals surface area contributed by atoms with Gasteiger partial charge in [-0.05, 0) is 97.3 Å². The predicted octanol–water partition coefficient (Wildman–Crippen LogP) is 7.23. The van der Waals surface area contributed by atoms with E-state index in [4.69, 9.17) is 4.52 Å². The lowest BCUT2D eigenvalue weighted by atomic mass is 9.91. The number of hydrogen-bond acceptors (Lipinski definition) is 9. The lowest BCUT2D eigenvalue weighted by Crippen LogP contribution is -2.52. The summed E-state index contributed by atoms with van der Waals surface area (Å²) in [4.78, 5) is 71.6. The van der Waals surface area contributed by atoms with Crippen LogP contribution in [0.3, 0.4) is 0 Å². The second kappa shape index (κ2) is 16.1. The number of carbonyl (C=O) groups excluding carboxylic acids is 4. The highest BCUT2D eigenvalue weighted by atomic mass is 19.3. The Morgan fingerprint density at radius 3 is 2.56 bits per heavy atom. The Hall–Kier alpha value is -7.03. The van der Waals surface area contributed by atoms with Crippen LogP contribution >= 0.6 is 0 Å². The molecule has 13 nitrogen and oxygen atoms in total. The van der Waals surface area contributed by atoms with E-state index in [2.05, 4.69) is 38.7 Å². The summed E-state index contributed by atoms with van der Waals surface area (Å²) in [5.74, 6) is -1.31. The minimum atomic E-state index is -2.79. The smallest absolute Gasteiger partial charge is 0.270 e. The quantitative estimate of drug-likeness (QED) is 0.136. The van der Waals surface area contributed by atoms with Crippen molar-refractivity contribution in [3.63, 3.8) is 0 Å². The molecule has 1 atom stereocenters. The number of pyridine rings is 2. The molecule has 3 aromatic heterocycles. The number of nitrogens with zero attached hydrogens (tertiary/aromatic N) is 5. The minimum absolute atomic E-state index is 0.00845. The maximum Gasteiger partial charge on any atom is 0.270 e. The Kier molecular flexibility index (Phi) is 10.5. The van der Waals surface area contributed by atoms with Gasteiger partial charge < -0.3 is 24.2 Å². The number of anilines is 2. The van der Waals surface area contributed by atoms with E-state index in [0.29, 0.717) is 63.5 Å². The highest BCUT2D eigenvalue weighted by Crippen LogP contribution is 2.43. The zero-order valence-corrected chi connectivity index (χ0v) is 34.4. The Labute approximate surface area is 354 Å². The van der Waals surface area contributed by atoms with Gasteiger partial charge in [0.15, 0.2) is 5.76 Å². The van der Waals surface area contributed by atoms with Crippen molar-refractivity contribution in [2.75, 3.05) is 11.4 Å². The molecule has 1 unspecified atom stereocenters. The van der Waals surface area contributed by atoms with Crippen molar-refractivity contribution in [1.82, 2.24) is 30.2 Å². The summed E-state index contributed by atoms with van der Waals surface area (Å²) in [6, 6.07) is 18.6. The molecule has 316 valence electrons. The van der Waals surface area contributed by atoms with Crippen molar-refractivity contribution in [2.24, 2.45) is 7.05 Å². The number of piperidine rings is 1. The highest BCUT2D eigenvalue weighted by molar-refractivity contribution is 6.06. The molecule has 62 heavy (non-hydrogen) atoms. The van der Waals surface area contributed by atoms with E-state index in [1.165, 1.54) is 17.2 Å². The highest BCUT2D eigenvalue weighted by Gasteiger charge is 2.40. The molecular weight excluding hydrogens is 797 g/mol. The molecule has 3 aliphatic heterocycles. The summed E-state index contributed by atoms with van der Waals surface area (Å²) in [6.45, 7) is 4.66. The Bertz CT molecular complexity index is 2890. The van der Waals surface area contributed by atoms with Gasteiger partial charge in [0.2, 0.25) is 11.8 Å². The summed E-state index contributed by atoms with van der Waals surface area (Å²) in [7, 11) is 1.77. The second-order valence-corrected chi connectivity index (χ2v) is 16.1. The first kappa shape index (κ1) is 40.4. The van der Waals surface area contributed by atoms with Crippen LogP contribution in [0.1, 0.15) is 93.4 Å². The van der Waals surface area contributed by atoms with Crippen LogP contribution in [0.25, 0.3) is 33.4 Å². The van der Waals surface area contributed by atoms with E-state index < -0.39 is 24.3 Å². The predicted molar refractivity (Wildman–Crippen MR) is 227 cm³/mol. The average Bonchev–Trinajstić information content (AvgIpc) is 3.88. The summed E-state index contributed by atoms with van der Waals surface area (Å²) < 4.78 is 37.2. The first-order chi connectivity index (χ1) is 29.9. The molecule has 0 bridgehead atoms. The van der Waals surface area contributed by atoms with Gasteiger partial charge in [-0.2, -0.15) is 0 Å². The van der Waals surface area contributed by atoms with Crippen LogP contribution in [0.5, 0.6) is 0 Å². The molecule has 0 saturated carbocycles. The Morgan fingerprint density at radius 2 is 1.81 bits per heavy atom. The normalized spacial score (nSPS) is 16.2. The molecule has 9 rings (SSSR count). The van der Waals surface area contributed by atoms with Gasteiger partial charge in [-0.15, -0.1) is 0 Å². The Morgan fingerprint density at radius 1 is 0.984 bits per heavy atom. The van der Waals surface area contributed by atoms with E-state index in [0.717, 1.165) is 47.0 Å². The van der Waals surface area contributed by atoms with Crippen LogP contribution in [0.4, 0.5) is 20.2 Å². The number of aromatic nitrogens is 3. The summed E-state index contributed by atoms with van der Waals surface area (Å²) >= 11 is 0. The molecule has 0 spiro atoms. The first-order valence-corrected chi connectivity index (χ1v) is 20.7. The fourth-order valence-corrected chi connectivity index (χ4v) is 9.03. The van der Waals surface area contributed by atoms with Gasteiger partial charge in [0.05, 0.1) is 17.7 Å². The van der Waals surface area contributed by atoms with E-state index in [1.807, 2.05) is 18.2 Å². The molecule has 15 heteroatoms. The lowest BCUT2D eigenvalue weighted by Gasteiger charge is -2.34. The van der Waals surface area contributed by atoms with Gasteiger partial charge in [0, 0.05) is 77.7 Å². The van der Waals surface area contributed by atoms with Gasteiger partial charge >= 0.3 is 0 Å². The molecule has 3 aromatic carbocycles. The van der Waals surface area contributed by atoms with Crippen LogP contribution < -0.4 is 21.1 Å². The number of hydrogen-bond donors (Lipinski definition) is 2. The van der Waals surface area contributed by atoms with Crippen molar-refractivity contribution in [1.29, 1.82) is 0 Å². The van der Waals surface area contributed by atoms with Gasteiger partial charge in [-0.3, -0.25) is 34.3 Å². The number of benzene rings is 3. The van der Waals surface area contributed by atoms with Crippen molar-refractivity contribution < 1.29 is 32.5 Å². The summed E-state index contributed by atoms with van der Waals surface area (Å²) in [5, 5.41) is 10.1. The third kappa shape index (κ3) is 7.20. The number of alkyl halides is 2. The maximum atomic E-state index is 15.0. The molecule has 0 radical (unpaired) electrons. The molecule has 1 saturated heterocycles. The van der Waals surface area contributed by atoms with Crippen LogP contribution in [0.2, 0.25) is 0 Å². The minimum Gasteiger partial charge on any atom is -0.356 e. The fourth-order valence-electron chi connectivity index (χ4n) is 9.03.